The van der Waals surface area contributed by atoms with Gasteiger partial charge in [0, 0.05) is 33.6 Å². The van der Waals surface area contributed by atoms with Crippen molar-refractivity contribution in [1.82, 2.24) is 0 Å². The van der Waals surface area contributed by atoms with Gasteiger partial charge in [0.05, 0.1) is 18.8 Å². The van der Waals surface area contributed by atoms with Crippen molar-refractivity contribution in [2.24, 2.45) is 0 Å². The van der Waals surface area contributed by atoms with Gasteiger partial charge in [-0.05, 0) is 44.0 Å². The molecule has 0 unspecified atom stereocenters. The summed E-state index contributed by atoms with van der Waals surface area (Å²) in [5, 5.41) is 0. The molecule has 0 saturated carbocycles. The average molecular weight is 503 g/mol. The first-order chi connectivity index (χ1) is 16.3. The average Bonchev–Trinajstić information content (AvgIpc) is 3.31. The molecule has 0 bridgehead atoms. The Morgan fingerprint density at radius 3 is 2.47 bits per heavy atom. The van der Waals surface area contributed by atoms with E-state index in [0.29, 0.717) is 38.0 Å². The van der Waals surface area contributed by atoms with Crippen LogP contribution in [0.2, 0.25) is 0 Å². The number of hydrogen-bond acceptors (Lipinski definition) is 8. The highest BCUT2D eigenvalue weighted by Gasteiger charge is 2.31. The molecule has 0 N–H and O–H groups in total. The van der Waals surface area contributed by atoms with E-state index in [2.05, 4.69) is 0 Å². The Balaban J connectivity index is 1.73. The Kier molecular flexibility index (Phi) is 7.57. The van der Waals surface area contributed by atoms with Gasteiger partial charge >= 0.3 is 0 Å². The summed E-state index contributed by atoms with van der Waals surface area (Å²) < 4.78 is 41.4. The Hall–Kier alpha value is -2.46. The van der Waals surface area contributed by atoms with Gasteiger partial charge in [0.2, 0.25) is 0 Å². The molecule has 0 aromatic heterocycles. The number of rotatable bonds is 8. The van der Waals surface area contributed by atoms with Crippen LogP contribution in [0.3, 0.4) is 0 Å². The lowest BCUT2D eigenvalue weighted by Crippen LogP contribution is -2.22. The maximum absolute atomic E-state index is 13.7. The van der Waals surface area contributed by atoms with Crippen molar-refractivity contribution < 1.29 is 32.2 Å². The topological polar surface area (TPSA) is 96.0 Å². The zero-order valence-corrected chi connectivity index (χ0v) is 20.7. The largest absolute Gasteiger partial charge is 0.487 e. The molecule has 0 atom stereocenters. The zero-order chi connectivity index (χ0) is 24.3. The van der Waals surface area contributed by atoms with Crippen molar-refractivity contribution in [2.75, 3.05) is 26.1 Å². The molecule has 1 fully saturated rings. The molecule has 2 aromatic rings. The van der Waals surface area contributed by atoms with Crippen molar-refractivity contribution in [3.05, 3.63) is 64.1 Å². The highest BCUT2D eigenvalue weighted by molar-refractivity contribution is 8.03. The molecule has 1 heterocycles. The molecule has 1 aliphatic heterocycles. The summed E-state index contributed by atoms with van der Waals surface area (Å²) in [4.78, 5) is 28.2. The van der Waals surface area contributed by atoms with Gasteiger partial charge in [0.25, 0.3) is 0 Å². The molecule has 2 aliphatic rings. The molecule has 2 aromatic carbocycles. The molecule has 0 amide bonds. The molecular formula is C25H26O7S2. The number of allylic oxidation sites excluding steroid dienone is 2. The Labute approximate surface area is 203 Å². The molecule has 0 radical (unpaired) electrons. The predicted octanol–water partition coefficient (Wildman–Crippen LogP) is 4.13. The van der Waals surface area contributed by atoms with E-state index in [-0.39, 0.29) is 34.2 Å². The summed E-state index contributed by atoms with van der Waals surface area (Å²) in [5.41, 5.74) is 0.775. The van der Waals surface area contributed by atoms with Gasteiger partial charge in [0.1, 0.15) is 17.3 Å². The van der Waals surface area contributed by atoms with E-state index in [0.717, 1.165) is 16.1 Å². The zero-order valence-electron chi connectivity index (χ0n) is 19.0. The van der Waals surface area contributed by atoms with Gasteiger partial charge in [-0.3, -0.25) is 9.59 Å². The SMILES string of the molecule is Cc1c(C(=O)C2=C(Sc3ccccc3)CCCC2=O)ccc(S(C)(=O)=O)c1OCC1OCCO1. The van der Waals surface area contributed by atoms with E-state index in [9.17, 15) is 18.0 Å². The fourth-order valence-corrected chi connectivity index (χ4v) is 5.97. The van der Waals surface area contributed by atoms with E-state index >= 15 is 0 Å². The van der Waals surface area contributed by atoms with Gasteiger partial charge in [-0.15, -0.1) is 0 Å². The minimum atomic E-state index is -3.63. The first-order valence-corrected chi connectivity index (χ1v) is 13.7. The quantitative estimate of drug-likeness (QED) is 0.393. The lowest BCUT2D eigenvalue weighted by molar-refractivity contribution is -0.115. The van der Waals surface area contributed by atoms with Crippen LogP contribution in [-0.4, -0.2) is 52.4 Å². The van der Waals surface area contributed by atoms with Crippen molar-refractivity contribution in [3.63, 3.8) is 0 Å². The number of sulfone groups is 1. The third kappa shape index (κ3) is 5.43. The number of hydrogen-bond donors (Lipinski definition) is 0. The second-order valence-electron chi connectivity index (χ2n) is 8.14. The molecule has 4 rings (SSSR count). The fourth-order valence-electron chi connectivity index (χ4n) is 3.97. The van der Waals surface area contributed by atoms with Gasteiger partial charge in [-0.2, -0.15) is 0 Å². The van der Waals surface area contributed by atoms with E-state index in [1.165, 1.54) is 23.9 Å². The Morgan fingerprint density at radius 2 is 1.79 bits per heavy atom. The third-order valence-corrected chi connectivity index (χ3v) is 7.93. The first kappa shape index (κ1) is 24.7. The molecule has 9 heteroatoms. The molecule has 180 valence electrons. The normalized spacial score (nSPS) is 17.3. The molecule has 1 saturated heterocycles. The van der Waals surface area contributed by atoms with Crippen LogP contribution in [0.4, 0.5) is 0 Å². The van der Waals surface area contributed by atoms with Crippen LogP contribution >= 0.6 is 11.8 Å². The minimum absolute atomic E-state index is 0.0161. The van der Waals surface area contributed by atoms with Crippen molar-refractivity contribution in [1.29, 1.82) is 0 Å². The van der Waals surface area contributed by atoms with Crippen LogP contribution in [-0.2, 0) is 24.1 Å². The van der Waals surface area contributed by atoms with Crippen molar-refractivity contribution in [3.8, 4) is 5.75 Å². The monoisotopic (exact) mass is 502 g/mol. The van der Waals surface area contributed by atoms with Gasteiger partial charge < -0.3 is 14.2 Å². The second kappa shape index (κ2) is 10.4. The summed E-state index contributed by atoms with van der Waals surface area (Å²) in [7, 11) is -3.63. The van der Waals surface area contributed by atoms with Crippen molar-refractivity contribution in [2.45, 2.75) is 42.3 Å². The van der Waals surface area contributed by atoms with Crippen LogP contribution < -0.4 is 4.74 Å². The highest BCUT2D eigenvalue weighted by Crippen LogP contribution is 2.39. The molecule has 0 spiro atoms. The second-order valence-corrected chi connectivity index (χ2v) is 11.3. The van der Waals surface area contributed by atoms with E-state index in [4.69, 9.17) is 14.2 Å². The van der Waals surface area contributed by atoms with Crippen LogP contribution in [0.25, 0.3) is 0 Å². The molecule has 1 aliphatic carbocycles. The number of ether oxygens (including phenoxy) is 3. The van der Waals surface area contributed by atoms with Crippen molar-refractivity contribution >= 4 is 33.2 Å². The highest BCUT2D eigenvalue weighted by atomic mass is 32.2. The summed E-state index contributed by atoms with van der Waals surface area (Å²) in [6, 6.07) is 12.4. The summed E-state index contributed by atoms with van der Waals surface area (Å²) in [6.07, 6.45) is 2.10. The standard InChI is InChI=1S/C25H26O7S2/c1-16-18(11-12-21(34(2,28)29)25(16)32-15-22-30-13-14-31-22)24(27)23-19(26)9-6-10-20(23)33-17-7-4-3-5-8-17/h3-5,7-8,11-12,22H,6,9-10,13-15H2,1-2H3. The van der Waals surface area contributed by atoms with Crippen LogP contribution in [0.5, 0.6) is 5.75 Å². The maximum Gasteiger partial charge on any atom is 0.197 e. The van der Waals surface area contributed by atoms with Gasteiger partial charge in [0.15, 0.2) is 27.7 Å². The third-order valence-electron chi connectivity index (χ3n) is 5.65. The predicted molar refractivity (Wildman–Crippen MR) is 128 cm³/mol. The maximum atomic E-state index is 13.7. The Bertz CT molecular complexity index is 1230. The summed E-state index contributed by atoms with van der Waals surface area (Å²) in [6.45, 7) is 2.48. The lowest BCUT2D eigenvalue weighted by atomic mass is 9.90. The number of carbonyl (C=O) groups excluding carboxylic acids is 2. The molecule has 34 heavy (non-hydrogen) atoms. The van der Waals surface area contributed by atoms with Crippen LogP contribution in [0.15, 0.2) is 62.7 Å². The van der Waals surface area contributed by atoms with Gasteiger partial charge in [-0.25, -0.2) is 8.42 Å². The van der Waals surface area contributed by atoms with Crippen LogP contribution in [0.1, 0.15) is 35.2 Å². The summed E-state index contributed by atoms with van der Waals surface area (Å²) >= 11 is 1.42. The number of Topliss-reactive ketones (excluding diaryl/α,β-unsaturated/α-hetero) is 2. The number of carbonyl (C=O) groups is 2. The molecular weight excluding hydrogens is 476 g/mol. The lowest BCUT2D eigenvalue weighted by Gasteiger charge is -2.21. The van der Waals surface area contributed by atoms with Gasteiger partial charge in [-0.1, -0.05) is 30.0 Å². The van der Waals surface area contributed by atoms with E-state index in [1.54, 1.807) is 6.92 Å². The smallest absolute Gasteiger partial charge is 0.197 e. The van der Waals surface area contributed by atoms with E-state index < -0.39 is 21.9 Å². The Morgan fingerprint density at radius 1 is 1.09 bits per heavy atom. The van der Waals surface area contributed by atoms with Crippen LogP contribution in [0, 0.1) is 6.92 Å². The number of thioether (sulfide) groups is 1. The number of benzene rings is 2. The minimum Gasteiger partial charge on any atom is -0.487 e. The molecule has 7 nitrogen and oxygen atoms in total. The first-order valence-electron chi connectivity index (χ1n) is 11.0. The number of ketones is 2. The summed E-state index contributed by atoms with van der Waals surface area (Å²) in [5.74, 6) is -0.538. The fraction of sp³-hybridized carbons (Fsp3) is 0.360. The van der Waals surface area contributed by atoms with E-state index in [1.807, 2.05) is 30.3 Å².